The van der Waals surface area contributed by atoms with Gasteiger partial charge in [0.25, 0.3) is 0 Å². The van der Waals surface area contributed by atoms with E-state index in [1.807, 2.05) is 6.92 Å². The fourth-order valence-electron chi connectivity index (χ4n) is 2.04. The Morgan fingerprint density at radius 2 is 1.67 bits per heavy atom. The van der Waals surface area contributed by atoms with E-state index in [1.54, 1.807) is 0 Å². The van der Waals surface area contributed by atoms with Crippen molar-refractivity contribution in [3.63, 3.8) is 0 Å². The molecule has 0 unspecified atom stereocenters. The normalized spacial score (nSPS) is 10.5. The van der Waals surface area contributed by atoms with E-state index in [4.69, 9.17) is 4.74 Å². The van der Waals surface area contributed by atoms with Gasteiger partial charge in [0.15, 0.2) is 0 Å². The Morgan fingerprint density at radius 3 is 2.24 bits per heavy atom. The number of halogens is 3. The molecule has 2 nitrogen and oxygen atoms in total. The van der Waals surface area contributed by atoms with Crippen LogP contribution in [0, 0.1) is 6.92 Å². The zero-order valence-corrected chi connectivity index (χ0v) is 16.6. The van der Waals surface area contributed by atoms with Gasteiger partial charge in [-0.05, 0) is 87.2 Å². The number of hydrogen-bond acceptors (Lipinski definition) is 2. The number of rotatable bonds is 5. The summed E-state index contributed by atoms with van der Waals surface area (Å²) in [6.07, 6.45) is 0. The predicted octanol–water partition coefficient (Wildman–Crippen LogP) is 6.29. The van der Waals surface area contributed by atoms with E-state index in [0.29, 0.717) is 6.61 Å². The third-order valence-electron chi connectivity index (χ3n) is 2.89. The van der Waals surface area contributed by atoms with Gasteiger partial charge in [0.05, 0.1) is 15.6 Å². The Hall–Kier alpha value is -0.520. The Balaban J connectivity index is 2.13. The lowest BCUT2D eigenvalue weighted by Gasteiger charge is -2.12. The van der Waals surface area contributed by atoms with Gasteiger partial charge in [-0.1, -0.05) is 15.9 Å². The Labute approximate surface area is 150 Å². The van der Waals surface area contributed by atoms with Gasteiger partial charge in [0.2, 0.25) is 0 Å². The van der Waals surface area contributed by atoms with Gasteiger partial charge in [0, 0.05) is 16.7 Å². The fourth-order valence-corrected chi connectivity index (χ4v) is 4.16. The minimum atomic E-state index is 0.645. The van der Waals surface area contributed by atoms with Crippen LogP contribution in [0.25, 0.3) is 0 Å². The largest absolute Gasteiger partial charge is 0.492 e. The molecule has 0 spiro atoms. The maximum Gasteiger partial charge on any atom is 0.147 e. The summed E-state index contributed by atoms with van der Waals surface area (Å²) in [6.45, 7) is 5.45. The molecule has 0 fully saturated rings. The summed E-state index contributed by atoms with van der Waals surface area (Å²) in [6, 6.07) is 10.4. The molecule has 0 aromatic heterocycles. The number of ether oxygens (including phenoxy) is 1. The lowest BCUT2D eigenvalue weighted by Crippen LogP contribution is -2.01. The average molecular weight is 478 g/mol. The van der Waals surface area contributed by atoms with E-state index < -0.39 is 0 Å². The number of benzene rings is 2. The molecule has 0 aliphatic carbocycles. The molecule has 2 rings (SSSR count). The number of hydrogen-bond donors (Lipinski definition) is 1. The quantitative estimate of drug-likeness (QED) is 0.546. The second-order valence-corrected chi connectivity index (χ2v) is 7.32. The second kappa shape index (κ2) is 7.65. The summed E-state index contributed by atoms with van der Waals surface area (Å²) < 4.78 is 8.60. The van der Waals surface area contributed by atoms with Crippen LogP contribution in [-0.4, -0.2) is 6.61 Å². The summed E-state index contributed by atoms with van der Waals surface area (Å²) in [5.74, 6) is 0.847. The van der Waals surface area contributed by atoms with Crippen LogP contribution in [-0.2, 0) is 6.54 Å². The number of aryl methyl sites for hydroxylation is 1. The van der Waals surface area contributed by atoms with Gasteiger partial charge in [-0.2, -0.15) is 0 Å². The summed E-state index contributed by atoms with van der Waals surface area (Å²) >= 11 is 10.6. The van der Waals surface area contributed by atoms with Crippen molar-refractivity contribution in [1.82, 2.24) is 0 Å². The molecule has 21 heavy (non-hydrogen) atoms. The Kier molecular flexibility index (Phi) is 6.14. The third kappa shape index (κ3) is 4.73. The monoisotopic (exact) mass is 475 g/mol. The van der Waals surface area contributed by atoms with Crippen LogP contribution in [0.1, 0.15) is 18.1 Å². The smallest absolute Gasteiger partial charge is 0.147 e. The van der Waals surface area contributed by atoms with Crippen molar-refractivity contribution in [2.24, 2.45) is 0 Å². The van der Waals surface area contributed by atoms with Crippen LogP contribution >= 0.6 is 47.8 Å². The lowest BCUT2D eigenvalue weighted by atomic mass is 10.2. The number of anilines is 1. The minimum Gasteiger partial charge on any atom is -0.492 e. The molecule has 2 aromatic carbocycles. The van der Waals surface area contributed by atoms with Gasteiger partial charge in [-0.15, -0.1) is 0 Å². The molecule has 0 radical (unpaired) electrons. The molecule has 1 N–H and O–H groups in total. The SMILES string of the molecule is CCOc1c(Br)cc(CNc2cc(C)cc(Br)c2)cc1Br. The zero-order valence-electron chi connectivity index (χ0n) is 11.8. The molecule has 0 saturated heterocycles. The highest BCUT2D eigenvalue weighted by Crippen LogP contribution is 2.35. The molecule has 0 aliphatic rings. The van der Waals surface area contributed by atoms with Crippen molar-refractivity contribution >= 4 is 53.5 Å². The van der Waals surface area contributed by atoms with Gasteiger partial charge in [-0.25, -0.2) is 0 Å². The van der Waals surface area contributed by atoms with E-state index in [2.05, 4.69) is 90.4 Å². The molecule has 0 amide bonds. The maximum atomic E-state index is 5.60. The van der Waals surface area contributed by atoms with Gasteiger partial charge in [-0.3, -0.25) is 0 Å². The minimum absolute atomic E-state index is 0.645. The Morgan fingerprint density at radius 1 is 1.00 bits per heavy atom. The molecule has 2 aromatic rings. The topological polar surface area (TPSA) is 21.3 Å². The van der Waals surface area contributed by atoms with Gasteiger partial charge in [0.1, 0.15) is 5.75 Å². The highest BCUT2D eigenvalue weighted by atomic mass is 79.9. The van der Waals surface area contributed by atoms with Crippen molar-refractivity contribution in [2.45, 2.75) is 20.4 Å². The van der Waals surface area contributed by atoms with Crippen molar-refractivity contribution < 1.29 is 4.74 Å². The lowest BCUT2D eigenvalue weighted by molar-refractivity contribution is 0.336. The van der Waals surface area contributed by atoms with Crippen LogP contribution < -0.4 is 10.1 Å². The van der Waals surface area contributed by atoms with Crippen LogP contribution in [0.4, 0.5) is 5.69 Å². The van der Waals surface area contributed by atoms with Gasteiger partial charge >= 0.3 is 0 Å². The first-order chi connectivity index (χ1) is 9.99. The van der Waals surface area contributed by atoms with Gasteiger partial charge < -0.3 is 10.1 Å². The van der Waals surface area contributed by atoms with Crippen LogP contribution in [0.15, 0.2) is 43.7 Å². The number of nitrogens with one attached hydrogen (secondary N) is 1. The van der Waals surface area contributed by atoms with E-state index in [1.165, 1.54) is 11.1 Å². The molecular formula is C16H16Br3NO. The average Bonchev–Trinajstić information content (AvgIpc) is 2.39. The maximum absolute atomic E-state index is 5.60. The molecule has 0 heterocycles. The zero-order chi connectivity index (χ0) is 15.4. The van der Waals surface area contributed by atoms with E-state index >= 15 is 0 Å². The van der Waals surface area contributed by atoms with Crippen LogP contribution in [0.5, 0.6) is 5.75 Å². The van der Waals surface area contributed by atoms with E-state index in [0.717, 1.165) is 31.4 Å². The standard InChI is InChI=1S/C16H16Br3NO/c1-3-21-16-14(18)6-11(7-15(16)19)9-20-13-5-10(2)4-12(17)8-13/h4-8,20H,3,9H2,1-2H3. The summed E-state index contributed by atoms with van der Waals surface area (Å²) in [4.78, 5) is 0. The fraction of sp³-hybridized carbons (Fsp3) is 0.250. The molecule has 0 bridgehead atoms. The van der Waals surface area contributed by atoms with Crippen LogP contribution in [0.2, 0.25) is 0 Å². The van der Waals surface area contributed by atoms with Crippen molar-refractivity contribution in [1.29, 1.82) is 0 Å². The molecule has 0 atom stereocenters. The molecule has 0 aliphatic heterocycles. The molecule has 112 valence electrons. The highest BCUT2D eigenvalue weighted by molar-refractivity contribution is 9.11. The first kappa shape index (κ1) is 16.8. The van der Waals surface area contributed by atoms with Crippen molar-refractivity contribution in [2.75, 3.05) is 11.9 Å². The highest BCUT2D eigenvalue weighted by Gasteiger charge is 2.08. The van der Waals surface area contributed by atoms with Crippen molar-refractivity contribution in [3.8, 4) is 5.75 Å². The first-order valence-corrected chi connectivity index (χ1v) is 8.99. The Bertz CT molecular complexity index is 600. The van der Waals surface area contributed by atoms with E-state index in [9.17, 15) is 0 Å². The van der Waals surface area contributed by atoms with E-state index in [-0.39, 0.29) is 0 Å². The summed E-state index contributed by atoms with van der Waals surface area (Å²) in [7, 11) is 0. The summed E-state index contributed by atoms with van der Waals surface area (Å²) in [5.41, 5.74) is 3.50. The predicted molar refractivity (Wildman–Crippen MR) is 99.2 cm³/mol. The molecule has 0 saturated carbocycles. The van der Waals surface area contributed by atoms with Crippen molar-refractivity contribution in [3.05, 3.63) is 54.9 Å². The first-order valence-electron chi connectivity index (χ1n) is 6.61. The molecule has 5 heteroatoms. The summed E-state index contributed by atoms with van der Waals surface area (Å²) in [5, 5.41) is 3.44. The second-order valence-electron chi connectivity index (χ2n) is 4.69. The third-order valence-corrected chi connectivity index (χ3v) is 4.52. The van der Waals surface area contributed by atoms with Crippen LogP contribution in [0.3, 0.4) is 0 Å². The molecular weight excluding hydrogens is 462 g/mol.